The Kier molecular flexibility index (Phi) is 4.61. The summed E-state index contributed by atoms with van der Waals surface area (Å²) in [5, 5.41) is 10.3. The van der Waals surface area contributed by atoms with Crippen LogP contribution in [0.1, 0.15) is 31.2 Å². The fraction of sp³-hybridized carbons (Fsp3) is 0.500. The Bertz CT molecular complexity index is 405. The second kappa shape index (κ2) is 6.21. The van der Waals surface area contributed by atoms with E-state index in [1.54, 1.807) is 4.90 Å². The molecular weight excluding hydrogens is 250 g/mol. The number of likely N-dealkylation sites (tertiary alicyclic amines) is 1. The van der Waals surface area contributed by atoms with Crippen molar-refractivity contribution < 1.29 is 9.90 Å². The topological polar surface area (TPSA) is 40.5 Å². The van der Waals surface area contributed by atoms with Crippen LogP contribution in [0.3, 0.4) is 0 Å². The van der Waals surface area contributed by atoms with Gasteiger partial charge in [-0.25, -0.2) is 0 Å². The molecule has 3 nitrogen and oxygen atoms in total. The summed E-state index contributed by atoms with van der Waals surface area (Å²) in [5.74, 6) is 0.0639. The monoisotopic (exact) mass is 267 g/mol. The Hall–Kier alpha value is -1.06. The van der Waals surface area contributed by atoms with Crippen molar-refractivity contribution in [1.29, 1.82) is 0 Å². The summed E-state index contributed by atoms with van der Waals surface area (Å²) >= 11 is 5.81. The normalized spacial score (nSPS) is 19.2. The van der Waals surface area contributed by atoms with Crippen LogP contribution in [0.5, 0.6) is 0 Å². The Labute approximate surface area is 112 Å². The average molecular weight is 268 g/mol. The van der Waals surface area contributed by atoms with Gasteiger partial charge >= 0.3 is 0 Å². The zero-order chi connectivity index (χ0) is 13.0. The molecule has 98 valence electrons. The van der Waals surface area contributed by atoms with E-state index in [0.29, 0.717) is 19.4 Å². The van der Waals surface area contributed by atoms with Gasteiger partial charge in [-0.1, -0.05) is 23.7 Å². The van der Waals surface area contributed by atoms with Crippen LogP contribution in [0.4, 0.5) is 0 Å². The lowest BCUT2D eigenvalue weighted by Crippen LogP contribution is -2.35. The fourth-order valence-electron chi connectivity index (χ4n) is 2.28. The van der Waals surface area contributed by atoms with E-state index in [-0.39, 0.29) is 5.91 Å². The highest BCUT2D eigenvalue weighted by atomic mass is 35.5. The number of aliphatic hydroxyl groups excluding tert-OH is 1. The van der Waals surface area contributed by atoms with Gasteiger partial charge in [0.2, 0.25) is 5.91 Å². The van der Waals surface area contributed by atoms with Crippen LogP contribution in [0.2, 0.25) is 5.02 Å². The van der Waals surface area contributed by atoms with E-state index in [1.807, 2.05) is 24.3 Å². The number of aliphatic hydroxyl groups is 1. The third kappa shape index (κ3) is 3.47. The molecule has 2 rings (SSSR count). The molecule has 1 aromatic carbocycles. The minimum Gasteiger partial charge on any atom is -0.374 e. The van der Waals surface area contributed by atoms with E-state index >= 15 is 0 Å². The van der Waals surface area contributed by atoms with Crippen LogP contribution >= 0.6 is 11.6 Å². The first-order chi connectivity index (χ1) is 8.66. The minimum atomic E-state index is -0.562. The van der Waals surface area contributed by atoms with Gasteiger partial charge in [-0.3, -0.25) is 4.79 Å². The van der Waals surface area contributed by atoms with Crippen LogP contribution in [-0.4, -0.2) is 28.7 Å². The van der Waals surface area contributed by atoms with E-state index in [1.165, 1.54) is 5.56 Å². The molecule has 0 radical (unpaired) electrons. The van der Waals surface area contributed by atoms with Gasteiger partial charge in [0.1, 0.15) is 6.23 Å². The van der Waals surface area contributed by atoms with E-state index in [4.69, 9.17) is 11.6 Å². The number of rotatable bonds is 4. The second-order valence-electron chi connectivity index (χ2n) is 4.69. The van der Waals surface area contributed by atoms with Gasteiger partial charge in [0.05, 0.1) is 0 Å². The highest BCUT2D eigenvalue weighted by Gasteiger charge is 2.25. The standard InChI is InChI=1S/C14H18ClNO2/c15-12-8-6-11(7-9-12)3-1-4-13(17)16-10-2-5-14(16)18/h6-9,14,18H,1-5,10H2. The van der Waals surface area contributed by atoms with Crippen LogP contribution in [0.25, 0.3) is 0 Å². The summed E-state index contributed by atoms with van der Waals surface area (Å²) < 4.78 is 0. The Morgan fingerprint density at radius 2 is 2.11 bits per heavy atom. The van der Waals surface area contributed by atoms with Crippen LogP contribution in [-0.2, 0) is 11.2 Å². The maximum absolute atomic E-state index is 11.8. The van der Waals surface area contributed by atoms with E-state index in [0.717, 1.165) is 24.3 Å². The zero-order valence-electron chi connectivity index (χ0n) is 10.3. The Morgan fingerprint density at radius 1 is 1.39 bits per heavy atom. The highest BCUT2D eigenvalue weighted by molar-refractivity contribution is 6.30. The molecule has 0 aromatic heterocycles. The maximum Gasteiger partial charge on any atom is 0.224 e. The summed E-state index contributed by atoms with van der Waals surface area (Å²) in [6, 6.07) is 7.70. The molecule has 1 N–H and O–H groups in total. The smallest absolute Gasteiger partial charge is 0.224 e. The molecule has 1 heterocycles. The second-order valence-corrected chi connectivity index (χ2v) is 5.13. The third-order valence-corrected chi connectivity index (χ3v) is 3.56. The molecule has 0 spiro atoms. The van der Waals surface area contributed by atoms with Crippen molar-refractivity contribution in [3.8, 4) is 0 Å². The third-order valence-electron chi connectivity index (χ3n) is 3.31. The maximum atomic E-state index is 11.8. The Balaban J connectivity index is 1.75. The fourth-order valence-corrected chi connectivity index (χ4v) is 2.40. The molecule has 1 fully saturated rings. The van der Waals surface area contributed by atoms with Crippen molar-refractivity contribution >= 4 is 17.5 Å². The average Bonchev–Trinajstić information content (AvgIpc) is 2.78. The number of halogens is 1. The molecule has 1 aliphatic rings. The number of hydrogen-bond donors (Lipinski definition) is 1. The molecule has 1 saturated heterocycles. The van der Waals surface area contributed by atoms with Crippen LogP contribution < -0.4 is 0 Å². The number of hydrogen-bond acceptors (Lipinski definition) is 2. The molecule has 1 unspecified atom stereocenters. The Morgan fingerprint density at radius 3 is 2.72 bits per heavy atom. The molecule has 1 amide bonds. The molecule has 4 heteroatoms. The van der Waals surface area contributed by atoms with Gasteiger partial charge in [0, 0.05) is 18.0 Å². The van der Waals surface area contributed by atoms with Gasteiger partial charge in [-0.2, -0.15) is 0 Å². The summed E-state index contributed by atoms with van der Waals surface area (Å²) in [6.07, 6.45) is 3.23. The van der Waals surface area contributed by atoms with Crippen molar-refractivity contribution in [3.05, 3.63) is 34.9 Å². The van der Waals surface area contributed by atoms with Gasteiger partial charge in [-0.05, 0) is 43.4 Å². The molecule has 1 aromatic rings. The predicted molar refractivity (Wildman–Crippen MR) is 71.3 cm³/mol. The number of benzene rings is 1. The molecule has 1 aliphatic heterocycles. The van der Waals surface area contributed by atoms with E-state index in [2.05, 4.69) is 0 Å². The van der Waals surface area contributed by atoms with Gasteiger partial charge in [-0.15, -0.1) is 0 Å². The summed E-state index contributed by atoms with van der Waals surface area (Å²) in [5.41, 5.74) is 1.19. The molecule has 0 bridgehead atoms. The first kappa shape index (κ1) is 13.4. The van der Waals surface area contributed by atoms with E-state index < -0.39 is 6.23 Å². The van der Waals surface area contributed by atoms with Crippen molar-refractivity contribution in [2.75, 3.05) is 6.54 Å². The van der Waals surface area contributed by atoms with Gasteiger partial charge < -0.3 is 10.0 Å². The van der Waals surface area contributed by atoms with Crippen LogP contribution in [0, 0.1) is 0 Å². The summed E-state index contributed by atoms with van der Waals surface area (Å²) in [7, 11) is 0. The highest BCUT2D eigenvalue weighted by Crippen LogP contribution is 2.17. The number of carbonyl (C=O) groups is 1. The number of carbonyl (C=O) groups excluding carboxylic acids is 1. The minimum absolute atomic E-state index is 0.0639. The lowest BCUT2D eigenvalue weighted by Gasteiger charge is -2.20. The van der Waals surface area contributed by atoms with Crippen LogP contribution in [0.15, 0.2) is 24.3 Å². The zero-order valence-corrected chi connectivity index (χ0v) is 11.1. The SMILES string of the molecule is O=C(CCCc1ccc(Cl)cc1)N1CCCC1O. The summed E-state index contributed by atoms with van der Waals surface area (Å²) in [6.45, 7) is 0.695. The number of aryl methyl sites for hydroxylation is 1. The molecule has 0 aliphatic carbocycles. The van der Waals surface area contributed by atoms with Crippen molar-refractivity contribution in [1.82, 2.24) is 4.90 Å². The lowest BCUT2D eigenvalue weighted by atomic mass is 10.1. The van der Waals surface area contributed by atoms with E-state index in [9.17, 15) is 9.90 Å². The predicted octanol–water partition coefficient (Wildman–Crippen LogP) is 2.60. The quantitative estimate of drug-likeness (QED) is 0.911. The molecular formula is C14H18ClNO2. The van der Waals surface area contributed by atoms with Crippen molar-refractivity contribution in [2.24, 2.45) is 0 Å². The van der Waals surface area contributed by atoms with Gasteiger partial charge in [0.15, 0.2) is 0 Å². The van der Waals surface area contributed by atoms with Gasteiger partial charge in [0.25, 0.3) is 0 Å². The first-order valence-corrected chi connectivity index (χ1v) is 6.76. The van der Waals surface area contributed by atoms with Crippen molar-refractivity contribution in [2.45, 2.75) is 38.3 Å². The largest absolute Gasteiger partial charge is 0.374 e. The number of amides is 1. The number of nitrogens with zero attached hydrogens (tertiary/aromatic N) is 1. The first-order valence-electron chi connectivity index (χ1n) is 6.39. The summed E-state index contributed by atoms with van der Waals surface area (Å²) in [4.78, 5) is 13.4. The van der Waals surface area contributed by atoms with Crippen molar-refractivity contribution in [3.63, 3.8) is 0 Å². The molecule has 1 atom stereocenters. The lowest BCUT2D eigenvalue weighted by molar-refractivity contribution is -0.137. The molecule has 0 saturated carbocycles. The molecule has 18 heavy (non-hydrogen) atoms.